The first-order valence-electron chi connectivity index (χ1n) is 11.2. The van der Waals surface area contributed by atoms with E-state index in [1.165, 1.54) is 4.68 Å². The molecule has 0 radical (unpaired) electrons. The third-order valence-corrected chi connectivity index (χ3v) is 6.05. The van der Waals surface area contributed by atoms with Gasteiger partial charge in [0.25, 0.3) is 5.56 Å². The summed E-state index contributed by atoms with van der Waals surface area (Å²) in [4.78, 5) is 26.9. The highest BCUT2D eigenvalue weighted by atomic mass is 16.2. The Hall–Kier alpha value is -3.74. The maximum Gasteiger partial charge on any atom is 0.278 e. The first-order valence-corrected chi connectivity index (χ1v) is 11.2. The van der Waals surface area contributed by atoms with Crippen LogP contribution in [0.5, 0.6) is 0 Å². The van der Waals surface area contributed by atoms with Gasteiger partial charge in [0, 0.05) is 5.69 Å². The van der Waals surface area contributed by atoms with Crippen molar-refractivity contribution in [1.82, 2.24) is 19.6 Å². The summed E-state index contributed by atoms with van der Waals surface area (Å²) in [6.45, 7) is 11.5. The predicted octanol–water partition coefficient (Wildman–Crippen LogP) is 4.71. The van der Waals surface area contributed by atoms with Gasteiger partial charge < -0.3 is 5.32 Å². The van der Waals surface area contributed by atoms with Crippen molar-refractivity contribution in [2.24, 2.45) is 0 Å². The lowest BCUT2D eigenvalue weighted by atomic mass is 10.0. The van der Waals surface area contributed by atoms with E-state index < -0.39 is 6.04 Å². The molecule has 2 heterocycles. The quantitative estimate of drug-likeness (QED) is 0.484. The number of aromatic nitrogens is 4. The van der Waals surface area contributed by atoms with Crippen LogP contribution in [0.3, 0.4) is 0 Å². The van der Waals surface area contributed by atoms with E-state index >= 15 is 0 Å². The number of hydrogen-bond donors (Lipinski definition) is 1. The summed E-state index contributed by atoms with van der Waals surface area (Å²) in [6.07, 6.45) is 0.430. The second-order valence-electron chi connectivity index (χ2n) is 8.58. The van der Waals surface area contributed by atoms with Gasteiger partial charge in [-0.25, -0.2) is 9.36 Å². The monoisotopic (exact) mass is 443 g/mol. The molecular formula is C26H29N5O2. The Balaban J connectivity index is 1.80. The van der Waals surface area contributed by atoms with Crippen molar-refractivity contribution < 1.29 is 4.79 Å². The molecule has 0 saturated heterocycles. The Labute approximate surface area is 193 Å². The Morgan fingerprint density at radius 3 is 2.24 bits per heavy atom. The molecule has 170 valence electrons. The summed E-state index contributed by atoms with van der Waals surface area (Å²) in [5.74, 6) is -0.256. The number of rotatable bonds is 5. The fourth-order valence-corrected chi connectivity index (χ4v) is 4.47. The normalized spacial score (nSPS) is 12.2. The molecule has 4 rings (SSSR count). The highest BCUT2D eigenvalue weighted by Gasteiger charge is 2.26. The topological polar surface area (TPSA) is 81.8 Å². The number of carbonyl (C=O) groups excluding carboxylic acids is 1. The first kappa shape index (κ1) is 22.5. The van der Waals surface area contributed by atoms with Gasteiger partial charge in [0.1, 0.15) is 11.6 Å². The molecule has 0 unspecified atom stereocenters. The Bertz CT molecular complexity index is 1390. The number of nitrogens with one attached hydrogen (secondary N) is 1. The Kier molecular flexibility index (Phi) is 5.89. The number of benzene rings is 2. The minimum atomic E-state index is -0.736. The van der Waals surface area contributed by atoms with E-state index in [0.29, 0.717) is 23.0 Å². The number of nitrogens with zero attached hydrogens (tertiary/aromatic N) is 4. The lowest BCUT2D eigenvalue weighted by molar-refractivity contribution is -0.119. The van der Waals surface area contributed by atoms with Crippen LogP contribution >= 0.6 is 0 Å². The average Bonchev–Trinajstić information content (AvgIpc) is 3.13. The van der Waals surface area contributed by atoms with Gasteiger partial charge in [-0.1, -0.05) is 42.8 Å². The fraction of sp³-hybridized carbons (Fsp3) is 0.308. The van der Waals surface area contributed by atoms with E-state index in [0.717, 1.165) is 33.8 Å². The minimum Gasteiger partial charge on any atom is -0.324 e. The lowest BCUT2D eigenvalue weighted by Crippen LogP contribution is -2.35. The van der Waals surface area contributed by atoms with E-state index in [4.69, 9.17) is 0 Å². The van der Waals surface area contributed by atoms with Crippen molar-refractivity contribution in [2.45, 2.75) is 54.0 Å². The minimum absolute atomic E-state index is 0.256. The average molecular weight is 444 g/mol. The highest BCUT2D eigenvalue weighted by Crippen LogP contribution is 2.25. The molecule has 1 atom stereocenters. The van der Waals surface area contributed by atoms with Gasteiger partial charge >= 0.3 is 0 Å². The standard InChI is InChI=1S/C26H29N5O2/c1-7-21(25(32)27-23-16(3)13-15(2)14-17(23)4)31-26(33)22-19(6)30(20-11-9-8-10-12-20)29-24(22)18(5)28-31/h8-14,21H,7H2,1-6H3,(H,27,32)/t21-/m0/s1. The number of aryl methyl sites for hydroxylation is 5. The first-order chi connectivity index (χ1) is 15.7. The van der Waals surface area contributed by atoms with Gasteiger partial charge in [-0.2, -0.15) is 10.2 Å². The molecule has 0 saturated carbocycles. The molecule has 0 aliphatic carbocycles. The molecule has 2 aromatic heterocycles. The van der Waals surface area contributed by atoms with E-state index in [-0.39, 0.29) is 11.5 Å². The van der Waals surface area contributed by atoms with Crippen molar-refractivity contribution in [3.63, 3.8) is 0 Å². The summed E-state index contributed by atoms with van der Waals surface area (Å²) in [6, 6.07) is 13.0. The zero-order valence-electron chi connectivity index (χ0n) is 19.9. The SMILES string of the molecule is CC[C@@H](C(=O)Nc1c(C)cc(C)cc1C)n1nc(C)c2nn(-c3ccccc3)c(C)c2c1=O. The number of anilines is 1. The van der Waals surface area contributed by atoms with E-state index in [2.05, 4.69) is 15.5 Å². The van der Waals surface area contributed by atoms with E-state index in [1.54, 1.807) is 4.68 Å². The van der Waals surface area contributed by atoms with Gasteiger partial charge in [0.05, 0.1) is 22.5 Å². The largest absolute Gasteiger partial charge is 0.324 e. The van der Waals surface area contributed by atoms with Crippen molar-refractivity contribution in [3.05, 3.63) is 80.9 Å². The van der Waals surface area contributed by atoms with Gasteiger partial charge in [-0.05, 0) is 64.3 Å². The van der Waals surface area contributed by atoms with Gasteiger partial charge in [-0.15, -0.1) is 0 Å². The maximum atomic E-state index is 13.5. The molecule has 0 aliphatic heterocycles. The van der Waals surface area contributed by atoms with Crippen molar-refractivity contribution in [2.75, 3.05) is 5.32 Å². The van der Waals surface area contributed by atoms with Crippen LogP contribution in [0, 0.1) is 34.6 Å². The van der Waals surface area contributed by atoms with Gasteiger partial charge in [-0.3, -0.25) is 9.59 Å². The molecule has 0 fully saturated rings. The predicted molar refractivity (Wildman–Crippen MR) is 131 cm³/mol. The number of hydrogen-bond acceptors (Lipinski definition) is 4. The molecule has 1 amide bonds. The van der Waals surface area contributed by atoms with Crippen LogP contribution in [-0.2, 0) is 4.79 Å². The second-order valence-corrected chi connectivity index (χ2v) is 8.58. The summed E-state index contributed by atoms with van der Waals surface area (Å²) in [7, 11) is 0. The molecule has 4 aromatic rings. The number of amides is 1. The molecule has 1 N–H and O–H groups in total. The summed E-state index contributed by atoms with van der Waals surface area (Å²) in [5, 5.41) is 12.7. The molecule has 0 bridgehead atoms. The second kappa shape index (κ2) is 8.65. The lowest BCUT2D eigenvalue weighted by Gasteiger charge is -2.19. The Morgan fingerprint density at radius 2 is 1.64 bits per heavy atom. The van der Waals surface area contributed by atoms with Crippen LogP contribution in [0.4, 0.5) is 5.69 Å². The molecule has 2 aromatic carbocycles. The molecular weight excluding hydrogens is 414 g/mol. The molecule has 0 spiro atoms. The fourth-order valence-electron chi connectivity index (χ4n) is 4.47. The third kappa shape index (κ3) is 3.95. The van der Waals surface area contributed by atoms with Gasteiger partial charge in [0.15, 0.2) is 0 Å². The summed E-state index contributed by atoms with van der Waals surface area (Å²) in [5.41, 5.74) is 6.34. The molecule has 7 nitrogen and oxygen atoms in total. The zero-order valence-corrected chi connectivity index (χ0v) is 19.9. The maximum absolute atomic E-state index is 13.5. The Morgan fingerprint density at radius 1 is 1.00 bits per heavy atom. The highest BCUT2D eigenvalue weighted by molar-refractivity contribution is 5.95. The number of para-hydroxylation sites is 1. The molecule has 33 heavy (non-hydrogen) atoms. The van der Waals surface area contributed by atoms with Crippen molar-refractivity contribution in [3.8, 4) is 5.69 Å². The third-order valence-electron chi connectivity index (χ3n) is 6.05. The zero-order chi connectivity index (χ0) is 23.9. The van der Waals surface area contributed by atoms with Crippen molar-refractivity contribution >= 4 is 22.5 Å². The van der Waals surface area contributed by atoms with Crippen LogP contribution in [0.15, 0.2) is 47.3 Å². The van der Waals surface area contributed by atoms with Crippen LogP contribution < -0.4 is 10.9 Å². The summed E-state index contributed by atoms with van der Waals surface area (Å²) >= 11 is 0. The van der Waals surface area contributed by atoms with E-state index in [9.17, 15) is 9.59 Å². The van der Waals surface area contributed by atoms with Crippen LogP contribution in [0.1, 0.15) is 47.5 Å². The van der Waals surface area contributed by atoms with Crippen LogP contribution in [0.2, 0.25) is 0 Å². The van der Waals surface area contributed by atoms with Crippen LogP contribution in [-0.4, -0.2) is 25.5 Å². The van der Waals surface area contributed by atoms with Crippen LogP contribution in [0.25, 0.3) is 16.6 Å². The van der Waals surface area contributed by atoms with Crippen molar-refractivity contribution in [1.29, 1.82) is 0 Å². The van der Waals surface area contributed by atoms with Gasteiger partial charge in [0.2, 0.25) is 5.91 Å². The van der Waals surface area contributed by atoms with E-state index in [1.807, 2.05) is 84.0 Å². The number of fused-ring (bicyclic) bond motifs is 1. The summed E-state index contributed by atoms with van der Waals surface area (Å²) < 4.78 is 3.07. The molecule has 7 heteroatoms. The molecule has 0 aliphatic rings. The smallest absolute Gasteiger partial charge is 0.278 e. The number of carbonyl (C=O) groups is 1.